The molecule has 3 aliphatic rings. The highest BCUT2D eigenvalue weighted by Gasteiger charge is 2.57. The lowest BCUT2D eigenvalue weighted by Gasteiger charge is -2.60. The number of carbonyl (C=O) groups excluding carboxylic acids is 1. The molecule has 0 aromatic heterocycles. The summed E-state index contributed by atoms with van der Waals surface area (Å²) in [5.74, 6) is 1.78. The first-order valence-electron chi connectivity index (χ1n) is 15.5. The summed E-state index contributed by atoms with van der Waals surface area (Å²) in [5, 5.41) is 40.2. The van der Waals surface area contributed by atoms with Gasteiger partial charge in [-0.25, -0.2) is 4.79 Å². The van der Waals surface area contributed by atoms with E-state index in [0.29, 0.717) is 58.0 Å². The molecule has 0 aliphatic carbocycles. The van der Waals surface area contributed by atoms with Crippen LogP contribution in [0, 0.1) is 25.2 Å². The lowest BCUT2D eigenvalue weighted by atomic mass is 9.71. The number of ether oxygens (including phenoxy) is 4. The topological polar surface area (TPSA) is 149 Å². The molecule has 5 atom stereocenters. The Balaban J connectivity index is 1.55. The first kappa shape index (κ1) is 32.1. The second-order valence-electron chi connectivity index (χ2n) is 12.3. The number of nitriles is 1. The van der Waals surface area contributed by atoms with E-state index in [1.54, 1.807) is 26.4 Å². The van der Waals surface area contributed by atoms with Crippen LogP contribution in [0.2, 0.25) is 0 Å². The van der Waals surface area contributed by atoms with E-state index in [-0.39, 0.29) is 35.9 Å². The van der Waals surface area contributed by atoms with E-state index in [2.05, 4.69) is 26.5 Å². The monoisotopic (exact) mass is 643 g/mol. The predicted molar refractivity (Wildman–Crippen MR) is 175 cm³/mol. The minimum atomic E-state index is -0.657. The molecule has 2 bridgehead atoms. The second kappa shape index (κ2) is 12.4. The zero-order chi connectivity index (χ0) is 33.7. The lowest BCUT2D eigenvalue weighted by Crippen LogP contribution is -2.68. The first-order valence-corrected chi connectivity index (χ1v) is 15.5. The fraction of sp³-hybridized carbons (Fsp3) is 0.429. The van der Waals surface area contributed by atoms with E-state index in [0.717, 1.165) is 11.1 Å². The van der Waals surface area contributed by atoms with E-state index >= 15 is 0 Å². The lowest BCUT2D eigenvalue weighted by molar-refractivity contribution is -0.0723. The number of phenols is 2. The number of para-hydroxylation sites is 1. The molecule has 12 nitrogen and oxygen atoms in total. The van der Waals surface area contributed by atoms with E-state index in [9.17, 15) is 20.3 Å². The number of benzene rings is 3. The Bertz CT molecular complexity index is 1760. The summed E-state index contributed by atoms with van der Waals surface area (Å²) in [4.78, 5) is 17.5. The minimum Gasteiger partial charge on any atom is -0.504 e. The van der Waals surface area contributed by atoms with Crippen molar-refractivity contribution >= 4 is 11.7 Å². The largest absolute Gasteiger partial charge is 0.504 e. The van der Waals surface area contributed by atoms with Gasteiger partial charge in [0.2, 0.25) is 0 Å². The number of piperazine rings is 1. The van der Waals surface area contributed by atoms with Gasteiger partial charge in [0.05, 0.1) is 46.6 Å². The van der Waals surface area contributed by atoms with Crippen LogP contribution in [0.5, 0.6) is 34.5 Å². The van der Waals surface area contributed by atoms with Crippen molar-refractivity contribution in [1.29, 1.82) is 5.26 Å². The third-order valence-corrected chi connectivity index (χ3v) is 10.1. The van der Waals surface area contributed by atoms with E-state index in [4.69, 9.17) is 18.9 Å². The molecule has 3 aromatic rings. The second-order valence-corrected chi connectivity index (χ2v) is 12.3. The predicted octanol–water partition coefficient (Wildman–Crippen LogP) is 4.34. The molecule has 3 aromatic carbocycles. The molecule has 4 N–H and O–H groups in total. The van der Waals surface area contributed by atoms with Crippen molar-refractivity contribution in [2.45, 2.75) is 56.9 Å². The average molecular weight is 644 g/mol. The third-order valence-electron chi connectivity index (χ3n) is 10.1. The quantitative estimate of drug-likeness (QED) is 0.293. The zero-order valence-corrected chi connectivity index (χ0v) is 27.7. The van der Waals surface area contributed by atoms with E-state index in [1.165, 1.54) is 14.2 Å². The number of phenolic OH excluding ortho intramolecular Hbond substituents is 2. The van der Waals surface area contributed by atoms with Gasteiger partial charge in [-0.1, -0.05) is 18.2 Å². The Morgan fingerprint density at radius 2 is 1.40 bits per heavy atom. The maximum atomic E-state index is 13.2. The highest BCUT2D eigenvalue weighted by atomic mass is 16.5. The van der Waals surface area contributed by atoms with Crippen molar-refractivity contribution in [3.05, 3.63) is 63.7 Å². The third kappa shape index (κ3) is 4.84. The molecule has 1 saturated heterocycles. The van der Waals surface area contributed by atoms with Gasteiger partial charge in [-0.3, -0.25) is 9.80 Å². The first-order chi connectivity index (χ1) is 22.6. The Kier molecular flexibility index (Phi) is 8.46. The van der Waals surface area contributed by atoms with E-state index < -0.39 is 24.2 Å². The summed E-state index contributed by atoms with van der Waals surface area (Å²) in [6.07, 6.45) is 0.806. The molecule has 0 radical (unpaired) electrons. The number of carbonyl (C=O) groups is 1. The molecule has 0 unspecified atom stereocenters. The maximum absolute atomic E-state index is 13.2. The van der Waals surface area contributed by atoms with Crippen molar-refractivity contribution in [1.82, 2.24) is 15.1 Å². The summed E-state index contributed by atoms with van der Waals surface area (Å²) in [6, 6.07) is 8.84. The van der Waals surface area contributed by atoms with Crippen molar-refractivity contribution in [3.8, 4) is 40.6 Å². The summed E-state index contributed by atoms with van der Waals surface area (Å²) in [6.45, 7) is 3.74. The molecule has 3 aliphatic heterocycles. The maximum Gasteiger partial charge on any atom is 0.319 e. The standard InChI is InChI=1S/C35H41N5O7/c1-17-31(44-4)20-14-23-28-27-21(32(45-5)18(2)34(47-7)30(27)42)13-22(39(28)3)24(15-36)40(23)25(26(20)29(41)33(17)46-6)16-37-35(43)38-19-11-9-8-10-12-19/h8-12,22-25,28,41-42H,13-14,16H2,1-7H3,(H2,37,38,43)/t22-,23+,24+,25+,28-/m1/s1. The number of amides is 2. The van der Waals surface area contributed by atoms with Gasteiger partial charge in [0.15, 0.2) is 23.0 Å². The Morgan fingerprint density at radius 1 is 0.872 bits per heavy atom. The van der Waals surface area contributed by atoms with Gasteiger partial charge in [-0.2, -0.15) is 5.26 Å². The summed E-state index contributed by atoms with van der Waals surface area (Å²) >= 11 is 0. The van der Waals surface area contributed by atoms with Gasteiger partial charge in [0.25, 0.3) is 0 Å². The Labute approximate surface area is 274 Å². The van der Waals surface area contributed by atoms with Crippen LogP contribution in [0.3, 0.4) is 0 Å². The molecular weight excluding hydrogens is 602 g/mol. The van der Waals surface area contributed by atoms with Crippen molar-refractivity contribution in [2.24, 2.45) is 0 Å². The number of nitrogens with one attached hydrogen (secondary N) is 2. The van der Waals surface area contributed by atoms with Crippen LogP contribution < -0.4 is 29.6 Å². The highest BCUT2D eigenvalue weighted by molar-refractivity contribution is 5.89. The van der Waals surface area contributed by atoms with Gasteiger partial charge in [-0.15, -0.1) is 0 Å². The molecule has 2 amide bonds. The van der Waals surface area contributed by atoms with Crippen molar-refractivity contribution < 1.29 is 34.0 Å². The number of aromatic hydroxyl groups is 2. The molecule has 3 heterocycles. The van der Waals surface area contributed by atoms with E-state index in [1.807, 2.05) is 39.1 Å². The number of hydrogen-bond acceptors (Lipinski definition) is 10. The fourth-order valence-electron chi connectivity index (χ4n) is 8.30. The van der Waals surface area contributed by atoms with Crippen LogP contribution in [-0.4, -0.2) is 86.2 Å². The Hall–Kier alpha value is -4.86. The molecule has 0 saturated carbocycles. The normalized spacial score (nSPS) is 23.0. The number of fused-ring (bicyclic) bond motifs is 7. The van der Waals surface area contributed by atoms with Crippen LogP contribution in [0.25, 0.3) is 0 Å². The molecule has 0 spiro atoms. The molecule has 6 rings (SSSR count). The fourth-order valence-corrected chi connectivity index (χ4v) is 8.30. The molecule has 47 heavy (non-hydrogen) atoms. The van der Waals surface area contributed by atoms with Crippen LogP contribution in [-0.2, 0) is 12.8 Å². The van der Waals surface area contributed by atoms with Gasteiger partial charge in [-0.05, 0) is 45.9 Å². The number of rotatable bonds is 7. The van der Waals surface area contributed by atoms with Crippen LogP contribution in [0.1, 0.15) is 45.5 Å². The minimum absolute atomic E-state index is 0.0369. The zero-order valence-electron chi connectivity index (χ0n) is 27.7. The van der Waals surface area contributed by atoms with Crippen LogP contribution >= 0.6 is 0 Å². The number of methoxy groups -OCH3 is 4. The summed E-state index contributed by atoms with van der Waals surface area (Å²) in [7, 11) is 8.16. The number of urea groups is 1. The molecular formula is C35H41N5O7. The molecule has 12 heteroatoms. The summed E-state index contributed by atoms with van der Waals surface area (Å²) in [5.41, 5.74) is 4.77. The SMILES string of the molecule is COc1c(C)c(OC)c2c(c1O)[C@H]1[C@@H]3Cc4c(OC)c(C)c(OC)c(O)c4[C@H](CNC(=O)Nc4ccccc4)N3[C@@H](C#N)[C@@H](C2)N1C. The summed E-state index contributed by atoms with van der Waals surface area (Å²) < 4.78 is 23.2. The number of anilines is 1. The molecule has 1 fully saturated rings. The van der Waals surface area contributed by atoms with Crippen LogP contribution in [0.15, 0.2) is 30.3 Å². The highest BCUT2D eigenvalue weighted by Crippen LogP contribution is 2.58. The number of hydrogen-bond donors (Lipinski definition) is 4. The smallest absolute Gasteiger partial charge is 0.319 e. The van der Waals surface area contributed by atoms with Crippen LogP contribution in [0.4, 0.5) is 10.5 Å². The van der Waals surface area contributed by atoms with Gasteiger partial charge >= 0.3 is 6.03 Å². The number of likely N-dealkylation sites (N-methyl/N-ethyl adjacent to an activating group) is 1. The van der Waals surface area contributed by atoms with Gasteiger partial charge < -0.3 is 39.8 Å². The van der Waals surface area contributed by atoms with Crippen molar-refractivity contribution in [3.63, 3.8) is 0 Å². The van der Waals surface area contributed by atoms with Crippen molar-refractivity contribution in [2.75, 3.05) is 47.3 Å². The average Bonchev–Trinajstić information content (AvgIpc) is 3.05. The van der Waals surface area contributed by atoms with Gasteiger partial charge in [0, 0.05) is 57.7 Å². The Morgan fingerprint density at radius 3 is 1.96 bits per heavy atom. The molecule has 248 valence electrons. The van der Waals surface area contributed by atoms with Gasteiger partial charge in [0.1, 0.15) is 17.5 Å². The number of nitrogens with zero attached hydrogens (tertiary/aromatic N) is 3.